The lowest BCUT2D eigenvalue weighted by Gasteiger charge is -2.30. The normalized spacial score (nSPS) is 14.3. The molecule has 5 rings (SSSR count). The van der Waals surface area contributed by atoms with Crippen molar-refractivity contribution in [2.75, 3.05) is 51.3 Å². The van der Waals surface area contributed by atoms with Gasteiger partial charge in [0.05, 0.1) is 18.9 Å². The second-order valence-corrected chi connectivity index (χ2v) is 10.1. The molecule has 1 fully saturated rings. The standard InChI is InChI=1S/C28H33N5O2S/c1-21-7-9-23(10-8-21)26-19-33-24(20-36-28(33)30-26)11-12-32(14-13-31-15-17-35-18-16-31)27(34)29-25-6-4-3-5-22(25)2/h3-10,19-20H,11-18H2,1-2H3,(H,29,34). The number of amides is 2. The Bertz CT molecular complexity index is 1310. The first-order valence-corrected chi connectivity index (χ1v) is 13.4. The number of rotatable bonds is 8. The molecule has 1 aliphatic rings. The van der Waals surface area contributed by atoms with Crippen molar-refractivity contribution in [3.8, 4) is 11.3 Å². The van der Waals surface area contributed by atoms with Gasteiger partial charge in [-0.3, -0.25) is 9.30 Å². The number of imidazole rings is 1. The van der Waals surface area contributed by atoms with Gasteiger partial charge in [-0.2, -0.15) is 0 Å². The lowest BCUT2D eigenvalue weighted by molar-refractivity contribution is 0.0352. The molecule has 0 saturated carbocycles. The topological polar surface area (TPSA) is 62.1 Å². The molecule has 0 atom stereocenters. The van der Waals surface area contributed by atoms with E-state index in [1.807, 2.05) is 36.1 Å². The first-order chi connectivity index (χ1) is 17.6. The van der Waals surface area contributed by atoms with Crippen molar-refractivity contribution in [3.63, 3.8) is 0 Å². The zero-order valence-electron chi connectivity index (χ0n) is 20.9. The molecule has 0 radical (unpaired) electrons. The first-order valence-electron chi connectivity index (χ1n) is 12.5. The van der Waals surface area contributed by atoms with Crippen LogP contribution in [-0.4, -0.2) is 71.2 Å². The number of nitrogens with zero attached hydrogens (tertiary/aromatic N) is 4. The fourth-order valence-electron chi connectivity index (χ4n) is 4.43. The largest absolute Gasteiger partial charge is 0.379 e. The van der Waals surface area contributed by atoms with Gasteiger partial charge in [0.15, 0.2) is 4.96 Å². The Labute approximate surface area is 216 Å². The quantitative estimate of drug-likeness (QED) is 0.364. The van der Waals surface area contributed by atoms with Crippen LogP contribution >= 0.6 is 11.3 Å². The van der Waals surface area contributed by atoms with Crippen molar-refractivity contribution in [2.45, 2.75) is 20.3 Å². The van der Waals surface area contributed by atoms with Gasteiger partial charge in [-0.05, 0) is 25.5 Å². The van der Waals surface area contributed by atoms with Gasteiger partial charge in [0, 0.05) is 67.7 Å². The number of aromatic nitrogens is 2. The third-order valence-corrected chi connectivity index (χ3v) is 7.62. The lowest BCUT2D eigenvalue weighted by atomic mass is 10.1. The second-order valence-electron chi connectivity index (χ2n) is 9.31. The van der Waals surface area contributed by atoms with Gasteiger partial charge in [0.1, 0.15) is 0 Å². The molecule has 1 saturated heterocycles. The number of morpholine rings is 1. The van der Waals surface area contributed by atoms with Crippen LogP contribution in [0, 0.1) is 13.8 Å². The molecule has 0 bridgehead atoms. The van der Waals surface area contributed by atoms with Gasteiger partial charge < -0.3 is 15.0 Å². The lowest BCUT2D eigenvalue weighted by Crippen LogP contribution is -2.45. The van der Waals surface area contributed by atoms with E-state index in [1.165, 1.54) is 11.3 Å². The van der Waals surface area contributed by atoms with Gasteiger partial charge in [0.25, 0.3) is 0 Å². The monoisotopic (exact) mass is 503 g/mol. The summed E-state index contributed by atoms with van der Waals surface area (Å²) in [5.74, 6) is 0. The molecular weight excluding hydrogens is 470 g/mol. The maximum absolute atomic E-state index is 13.3. The van der Waals surface area contributed by atoms with E-state index in [2.05, 4.69) is 57.4 Å². The van der Waals surface area contributed by atoms with Crippen LogP contribution < -0.4 is 5.32 Å². The average Bonchev–Trinajstić information content (AvgIpc) is 3.48. The van der Waals surface area contributed by atoms with Crippen LogP contribution in [0.5, 0.6) is 0 Å². The molecule has 0 aliphatic carbocycles. The number of aryl methyl sites for hydroxylation is 2. The predicted octanol–water partition coefficient (Wildman–Crippen LogP) is 5.09. The number of hydrogen-bond donors (Lipinski definition) is 1. The molecule has 1 aliphatic heterocycles. The second kappa shape index (κ2) is 11.2. The Morgan fingerprint density at radius 3 is 2.64 bits per heavy atom. The molecule has 0 spiro atoms. The van der Waals surface area contributed by atoms with Crippen LogP contribution in [0.3, 0.4) is 0 Å². The molecule has 2 aromatic heterocycles. The number of anilines is 1. The third kappa shape index (κ3) is 5.78. The van der Waals surface area contributed by atoms with Crippen LogP contribution in [0.1, 0.15) is 16.8 Å². The van der Waals surface area contributed by atoms with Gasteiger partial charge in [-0.1, -0.05) is 48.0 Å². The molecule has 8 heteroatoms. The van der Waals surface area contributed by atoms with Crippen molar-refractivity contribution >= 4 is 28.0 Å². The minimum Gasteiger partial charge on any atom is -0.379 e. The highest BCUT2D eigenvalue weighted by Crippen LogP contribution is 2.24. The van der Waals surface area contributed by atoms with Gasteiger partial charge in [-0.25, -0.2) is 9.78 Å². The summed E-state index contributed by atoms with van der Waals surface area (Å²) in [5, 5.41) is 5.28. The fourth-order valence-corrected chi connectivity index (χ4v) is 5.34. The highest BCUT2D eigenvalue weighted by Gasteiger charge is 2.19. The zero-order chi connectivity index (χ0) is 24.9. The summed E-state index contributed by atoms with van der Waals surface area (Å²) in [6, 6.07) is 16.3. The van der Waals surface area contributed by atoms with Crippen LogP contribution in [-0.2, 0) is 11.2 Å². The number of urea groups is 1. The van der Waals surface area contributed by atoms with E-state index in [0.29, 0.717) is 13.1 Å². The van der Waals surface area contributed by atoms with Crippen molar-refractivity contribution in [3.05, 3.63) is 76.9 Å². The molecule has 0 unspecified atom stereocenters. The fraction of sp³-hybridized carbons (Fsp3) is 0.357. The Morgan fingerprint density at radius 1 is 1.08 bits per heavy atom. The van der Waals surface area contributed by atoms with Gasteiger partial charge in [0.2, 0.25) is 0 Å². The number of thiazole rings is 1. The van der Waals surface area contributed by atoms with E-state index in [0.717, 1.165) is 66.7 Å². The maximum atomic E-state index is 13.3. The van der Waals surface area contributed by atoms with E-state index in [-0.39, 0.29) is 6.03 Å². The summed E-state index contributed by atoms with van der Waals surface area (Å²) in [5.41, 5.74) is 6.41. The minimum absolute atomic E-state index is 0.0602. The Balaban J connectivity index is 1.30. The number of ether oxygens (including phenoxy) is 1. The van der Waals surface area contributed by atoms with Crippen LogP contribution in [0.2, 0.25) is 0 Å². The van der Waals surface area contributed by atoms with E-state index in [4.69, 9.17) is 9.72 Å². The van der Waals surface area contributed by atoms with E-state index >= 15 is 0 Å². The SMILES string of the molecule is Cc1ccc(-c2cn3c(CCN(CCN4CCOCC4)C(=O)Nc4ccccc4C)csc3n2)cc1. The van der Waals surface area contributed by atoms with Crippen molar-refractivity contribution in [2.24, 2.45) is 0 Å². The highest BCUT2D eigenvalue weighted by atomic mass is 32.1. The molecule has 188 valence electrons. The van der Waals surface area contributed by atoms with E-state index < -0.39 is 0 Å². The number of fused-ring (bicyclic) bond motifs is 1. The molecule has 4 aromatic rings. The van der Waals surface area contributed by atoms with Crippen LogP contribution in [0.15, 0.2) is 60.1 Å². The Hall–Kier alpha value is -3.20. The molecule has 7 nitrogen and oxygen atoms in total. The number of benzene rings is 2. The van der Waals surface area contributed by atoms with E-state index in [1.54, 1.807) is 11.3 Å². The number of para-hydroxylation sites is 1. The molecule has 36 heavy (non-hydrogen) atoms. The van der Waals surface area contributed by atoms with Crippen LogP contribution in [0.4, 0.5) is 10.5 Å². The summed E-state index contributed by atoms with van der Waals surface area (Å²) in [6.45, 7) is 9.58. The smallest absolute Gasteiger partial charge is 0.321 e. The summed E-state index contributed by atoms with van der Waals surface area (Å²) in [4.78, 5) is 23.4. The van der Waals surface area contributed by atoms with Crippen molar-refractivity contribution < 1.29 is 9.53 Å². The summed E-state index contributed by atoms with van der Waals surface area (Å²) >= 11 is 1.64. The average molecular weight is 504 g/mol. The molecule has 2 aromatic carbocycles. The van der Waals surface area contributed by atoms with E-state index in [9.17, 15) is 4.79 Å². The van der Waals surface area contributed by atoms with Crippen molar-refractivity contribution in [1.82, 2.24) is 19.2 Å². The molecule has 2 amide bonds. The predicted molar refractivity (Wildman–Crippen MR) is 146 cm³/mol. The first kappa shape index (κ1) is 24.5. The number of carbonyl (C=O) groups is 1. The summed E-state index contributed by atoms with van der Waals surface area (Å²) in [7, 11) is 0. The molecule has 3 heterocycles. The Kier molecular flexibility index (Phi) is 7.65. The van der Waals surface area contributed by atoms with Gasteiger partial charge in [-0.15, -0.1) is 11.3 Å². The number of nitrogens with one attached hydrogen (secondary N) is 1. The third-order valence-electron chi connectivity index (χ3n) is 6.73. The number of hydrogen-bond acceptors (Lipinski definition) is 5. The molecular formula is C28H33N5O2S. The Morgan fingerprint density at radius 2 is 1.86 bits per heavy atom. The number of carbonyl (C=O) groups excluding carboxylic acids is 1. The van der Waals surface area contributed by atoms with Gasteiger partial charge >= 0.3 is 6.03 Å². The highest BCUT2D eigenvalue weighted by molar-refractivity contribution is 7.15. The van der Waals surface area contributed by atoms with Crippen LogP contribution in [0.25, 0.3) is 16.2 Å². The molecule has 1 N–H and O–H groups in total. The summed E-state index contributed by atoms with van der Waals surface area (Å²) < 4.78 is 7.65. The zero-order valence-corrected chi connectivity index (χ0v) is 21.8. The summed E-state index contributed by atoms with van der Waals surface area (Å²) in [6.07, 6.45) is 2.87. The van der Waals surface area contributed by atoms with Crippen molar-refractivity contribution in [1.29, 1.82) is 0 Å². The maximum Gasteiger partial charge on any atom is 0.321 e. The minimum atomic E-state index is -0.0602.